The van der Waals surface area contributed by atoms with E-state index in [-0.39, 0.29) is 30.8 Å². The fraction of sp³-hybridized carbons (Fsp3) is 0.364. The summed E-state index contributed by atoms with van der Waals surface area (Å²) >= 11 is 12.5. The summed E-state index contributed by atoms with van der Waals surface area (Å²) in [6.07, 6.45) is 0.932. The van der Waals surface area contributed by atoms with E-state index < -0.39 is 6.04 Å². The second-order valence-corrected chi connectivity index (χ2v) is 7.69. The van der Waals surface area contributed by atoms with Crippen molar-refractivity contribution in [3.63, 3.8) is 0 Å². The summed E-state index contributed by atoms with van der Waals surface area (Å²) in [5.74, 6) is -0.367. The van der Waals surface area contributed by atoms with Gasteiger partial charge < -0.3 is 10.2 Å². The van der Waals surface area contributed by atoms with Crippen LogP contribution in [-0.2, 0) is 22.6 Å². The summed E-state index contributed by atoms with van der Waals surface area (Å²) in [6.45, 7) is 5.92. The van der Waals surface area contributed by atoms with Crippen LogP contribution in [0.2, 0.25) is 10.0 Å². The first-order chi connectivity index (χ1) is 13.3. The minimum atomic E-state index is -0.639. The van der Waals surface area contributed by atoms with Gasteiger partial charge in [0.05, 0.1) is 6.42 Å². The van der Waals surface area contributed by atoms with E-state index in [9.17, 15) is 9.59 Å². The number of carbonyl (C=O) groups is 2. The number of hydrogen-bond donors (Lipinski definition) is 1. The number of nitrogens with zero attached hydrogens (tertiary/aromatic N) is 1. The van der Waals surface area contributed by atoms with Crippen LogP contribution in [0.15, 0.2) is 48.5 Å². The molecule has 28 heavy (non-hydrogen) atoms. The molecule has 0 aliphatic carbocycles. The molecule has 150 valence electrons. The van der Waals surface area contributed by atoms with E-state index in [0.29, 0.717) is 10.0 Å². The molecule has 1 N–H and O–H groups in total. The lowest BCUT2D eigenvalue weighted by Crippen LogP contribution is -2.50. The molecular formula is C22H26Cl2N2O2. The van der Waals surface area contributed by atoms with Gasteiger partial charge in [0.25, 0.3) is 0 Å². The van der Waals surface area contributed by atoms with Crippen molar-refractivity contribution in [2.24, 2.45) is 0 Å². The lowest BCUT2D eigenvalue weighted by molar-refractivity contribution is -0.140. The average molecular weight is 421 g/mol. The van der Waals surface area contributed by atoms with E-state index in [1.165, 1.54) is 0 Å². The van der Waals surface area contributed by atoms with Gasteiger partial charge in [0, 0.05) is 22.6 Å². The largest absolute Gasteiger partial charge is 0.352 e. The summed E-state index contributed by atoms with van der Waals surface area (Å²) in [5.41, 5.74) is 1.52. The van der Waals surface area contributed by atoms with Gasteiger partial charge in [-0.05, 0) is 43.5 Å². The van der Waals surface area contributed by atoms with Crippen molar-refractivity contribution in [3.8, 4) is 0 Å². The Hall–Kier alpha value is -2.04. The molecule has 0 radical (unpaired) electrons. The first-order valence-electron chi connectivity index (χ1n) is 9.40. The third-order valence-electron chi connectivity index (χ3n) is 4.77. The number of benzene rings is 2. The van der Waals surface area contributed by atoms with E-state index in [4.69, 9.17) is 23.2 Å². The minimum absolute atomic E-state index is 0.0378. The fourth-order valence-corrected chi connectivity index (χ4v) is 3.16. The third kappa shape index (κ3) is 5.98. The van der Waals surface area contributed by atoms with Gasteiger partial charge in [0.1, 0.15) is 6.04 Å². The monoisotopic (exact) mass is 420 g/mol. The summed E-state index contributed by atoms with van der Waals surface area (Å²) < 4.78 is 0. The topological polar surface area (TPSA) is 49.4 Å². The van der Waals surface area contributed by atoms with Crippen molar-refractivity contribution in [1.29, 1.82) is 0 Å². The van der Waals surface area contributed by atoms with Crippen LogP contribution in [0.5, 0.6) is 0 Å². The maximum absolute atomic E-state index is 13.1. The first-order valence-corrected chi connectivity index (χ1v) is 10.2. The molecule has 2 aromatic rings. The number of amides is 2. The van der Waals surface area contributed by atoms with E-state index in [0.717, 1.165) is 17.5 Å². The molecule has 0 aliphatic rings. The highest BCUT2D eigenvalue weighted by atomic mass is 35.5. The molecule has 2 amide bonds. The molecule has 0 saturated carbocycles. The highest BCUT2D eigenvalue weighted by Crippen LogP contribution is 2.21. The molecule has 2 unspecified atom stereocenters. The maximum atomic E-state index is 13.1. The summed E-state index contributed by atoms with van der Waals surface area (Å²) in [7, 11) is 0. The van der Waals surface area contributed by atoms with Crippen LogP contribution in [0.3, 0.4) is 0 Å². The van der Waals surface area contributed by atoms with Crippen LogP contribution in [-0.4, -0.2) is 28.8 Å². The van der Waals surface area contributed by atoms with Crippen molar-refractivity contribution in [3.05, 3.63) is 69.7 Å². The van der Waals surface area contributed by atoms with Gasteiger partial charge in [0.2, 0.25) is 11.8 Å². The van der Waals surface area contributed by atoms with Crippen LogP contribution < -0.4 is 5.32 Å². The zero-order chi connectivity index (χ0) is 20.7. The second kappa shape index (κ2) is 10.5. The van der Waals surface area contributed by atoms with Crippen LogP contribution in [0.1, 0.15) is 38.3 Å². The highest BCUT2D eigenvalue weighted by Gasteiger charge is 2.27. The van der Waals surface area contributed by atoms with Crippen molar-refractivity contribution >= 4 is 35.0 Å². The normalized spacial score (nSPS) is 12.9. The van der Waals surface area contributed by atoms with Gasteiger partial charge in [-0.15, -0.1) is 0 Å². The predicted octanol–water partition coefficient (Wildman–Crippen LogP) is 4.87. The number of halogens is 2. The Morgan fingerprint density at radius 3 is 2.04 bits per heavy atom. The van der Waals surface area contributed by atoms with Crippen LogP contribution in [0, 0.1) is 0 Å². The highest BCUT2D eigenvalue weighted by molar-refractivity contribution is 6.31. The van der Waals surface area contributed by atoms with Crippen LogP contribution in [0.25, 0.3) is 0 Å². The molecule has 2 aromatic carbocycles. The minimum Gasteiger partial charge on any atom is -0.352 e. The van der Waals surface area contributed by atoms with Gasteiger partial charge in [-0.25, -0.2) is 0 Å². The first kappa shape index (κ1) is 22.3. The Morgan fingerprint density at radius 2 is 1.50 bits per heavy atom. The molecular weight excluding hydrogens is 395 g/mol. The molecule has 4 nitrogen and oxygen atoms in total. The molecule has 0 aliphatic heterocycles. The number of nitrogens with one attached hydrogen (secondary N) is 1. The molecule has 0 aromatic heterocycles. The van der Waals surface area contributed by atoms with E-state index in [2.05, 4.69) is 5.32 Å². The van der Waals surface area contributed by atoms with Gasteiger partial charge in [-0.2, -0.15) is 0 Å². The third-order valence-corrected chi connectivity index (χ3v) is 5.50. The molecule has 6 heteroatoms. The Kier molecular flexibility index (Phi) is 8.34. The van der Waals surface area contributed by atoms with Gasteiger partial charge >= 0.3 is 0 Å². The molecule has 0 bridgehead atoms. The summed E-state index contributed by atoms with van der Waals surface area (Å²) in [6, 6.07) is 14.0. The number of rotatable bonds is 8. The quantitative estimate of drug-likeness (QED) is 0.661. The average Bonchev–Trinajstić information content (AvgIpc) is 2.68. The van der Waals surface area contributed by atoms with Crippen molar-refractivity contribution in [2.75, 3.05) is 0 Å². The Balaban J connectivity index is 2.26. The number of hydrogen-bond acceptors (Lipinski definition) is 2. The second-order valence-electron chi connectivity index (χ2n) is 6.88. The molecule has 0 spiro atoms. The lowest BCUT2D eigenvalue weighted by atomic mass is 10.1. The number of carbonyl (C=O) groups excluding carboxylic acids is 2. The smallest absolute Gasteiger partial charge is 0.242 e. The zero-order valence-electron chi connectivity index (χ0n) is 16.4. The predicted molar refractivity (Wildman–Crippen MR) is 115 cm³/mol. The molecule has 0 saturated heterocycles. The maximum Gasteiger partial charge on any atom is 0.242 e. The van der Waals surface area contributed by atoms with Gasteiger partial charge in [0.15, 0.2) is 0 Å². The summed E-state index contributed by atoms with van der Waals surface area (Å²) in [5, 5.41) is 4.04. The Morgan fingerprint density at radius 1 is 0.964 bits per heavy atom. The van der Waals surface area contributed by atoms with Crippen LogP contribution in [0.4, 0.5) is 0 Å². The molecule has 2 atom stereocenters. The van der Waals surface area contributed by atoms with E-state index >= 15 is 0 Å². The Bertz CT molecular complexity index is 826. The van der Waals surface area contributed by atoms with E-state index in [1.54, 1.807) is 24.0 Å². The molecule has 0 fully saturated rings. The van der Waals surface area contributed by atoms with Gasteiger partial charge in [-0.3, -0.25) is 9.59 Å². The van der Waals surface area contributed by atoms with Gasteiger partial charge in [-0.1, -0.05) is 66.5 Å². The fourth-order valence-electron chi connectivity index (χ4n) is 2.76. The zero-order valence-corrected chi connectivity index (χ0v) is 17.9. The standard InChI is InChI=1S/C22H26Cl2N2O2/c1-4-15(2)25-22(28)16(3)26(14-18-10-6-8-12-20(18)24)21(27)13-17-9-5-7-11-19(17)23/h5-12,15-16H,4,13-14H2,1-3H3,(H,25,28). The molecule has 2 rings (SSSR count). The molecule has 0 heterocycles. The van der Waals surface area contributed by atoms with Crippen molar-refractivity contribution in [1.82, 2.24) is 10.2 Å². The van der Waals surface area contributed by atoms with Crippen LogP contribution >= 0.6 is 23.2 Å². The van der Waals surface area contributed by atoms with Crippen molar-refractivity contribution < 1.29 is 9.59 Å². The Labute approximate surface area is 176 Å². The SMILES string of the molecule is CCC(C)NC(=O)C(C)N(Cc1ccccc1Cl)C(=O)Cc1ccccc1Cl. The van der Waals surface area contributed by atoms with E-state index in [1.807, 2.05) is 50.2 Å². The summed E-state index contributed by atoms with van der Waals surface area (Å²) in [4.78, 5) is 27.4. The van der Waals surface area contributed by atoms with Crippen molar-refractivity contribution in [2.45, 2.75) is 52.2 Å². The lowest BCUT2D eigenvalue weighted by Gasteiger charge is -2.30.